The first kappa shape index (κ1) is 30.4. The molecule has 0 aliphatic carbocycles. The number of thiocarbonyl (C=S) groups is 1. The molecule has 0 aliphatic heterocycles. The van der Waals surface area contributed by atoms with Gasteiger partial charge in [-0.2, -0.15) is 0 Å². The van der Waals surface area contributed by atoms with Gasteiger partial charge in [0.2, 0.25) is 15.9 Å². The summed E-state index contributed by atoms with van der Waals surface area (Å²) in [5, 5.41) is 19.8. The Labute approximate surface area is 250 Å². The molecule has 0 spiro atoms. The van der Waals surface area contributed by atoms with Crippen molar-refractivity contribution in [3.63, 3.8) is 0 Å². The van der Waals surface area contributed by atoms with Crippen molar-refractivity contribution in [3.8, 4) is 16.9 Å². The Morgan fingerprint density at radius 3 is 2.29 bits per heavy atom. The SMILES string of the molecule is CCN(CC(=O)Nc1ccc(-c2ccccc2S(N)(=O)=O)cc1)c1cccc(C(=N)NC(=S)c2ccc(OC)cc2)c1. The summed E-state index contributed by atoms with van der Waals surface area (Å²) in [6, 6.07) is 28.0. The maximum Gasteiger partial charge on any atom is 0.243 e. The van der Waals surface area contributed by atoms with Gasteiger partial charge in [0, 0.05) is 34.6 Å². The van der Waals surface area contributed by atoms with E-state index in [-0.39, 0.29) is 23.2 Å². The number of nitrogens with two attached hydrogens (primary N) is 1. The number of nitrogens with zero attached hydrogens (tertiary/aromatic N) is 1. The number of primary sulfonamides is 1. The molecule has 5 N–H and O–H groups in total. The van der Waals surface area contributed by atoms with Crippen LogP contribution in [0.25, 0.3) is 11.1 Å². The van der Waals surface area contributed by atoms with Crippen molar-refractivity contribution in [2.45, 2.75) is 11.8 Å². The summed E-state index contributed by atoms with van der Waals surface area (Å²) in [5.74, 6) is 0.632. The molecule has 0 fully saturated rings. The standard InChI is InChI=1S/C31H31N5O4S2/c1-3-36(25-8-6-7-23(19-25)30(32)35-31(41)22-13-17-26(40-2)18-14-22)20-29(37)34-24-15-11-21(12-16-24)27-9-4-5-10-28(27)42(33,38)39/h4-19H,3,20H2,1-2H3,(H,34,37)(H2,32,35,41)(H2,33,38,39). The van der Waals surface area contributed by atoms with Crippen LogP contribution in [0, 0.1) is 5.41 Å². The molecule has 1 amide bonds. The van der Waals surface area contributed by atoms with Crippen LogP contribution in [0.5, 0.6) is 5.75 Å². The van der Waals surface area contributed by atoms with Gasteiger partial charge in [-0.05, 0) is 67.1 Å². The van der Waals surface area contributed by atoms with Crippen LogP contribution in [-0.4, -0.2) is 45.3 Å². The Morgan fingerprint density at radius 1 is 0.952 bits per heavy atom. The number of anilines is 2. The van der Waals surface area contributed by atoms with Gasteiger partial charge >= 0.3 is 0 Å². The van der Waals surface area contributed by atoms with Crippen LogP contribution in [-0.2, 0) is 14.8 Å². The normalized spacial score (nSPS) is 10.9. The summed E-state index contributed by atoms with van der Waals surface area (Å²) in [5.41, 5.74) is 3.88. The highest BCUT2D eigenvalue weighted by atomic mass is 32.2. The molecule has 0 bridgehead atoms. The van der Waals surface area contributed by atoms with E-state index in [1.54, 1.807) is 67.8 Å². The summed E-state index contributed by atoms with van der Waals surface area (Å²) in [4.78, 5) is 15.3. The lowest BCUT2D eigenvalue weighted by atomic mass is 10.1. The summed E-state index contributed by atoms with van der Waals surface area (Å²) in [7, 11) is -2.29. The zero-order valence-electron chi connectivity index (χ0n) is 23.1. The van der Waals surface area contributed by atoms with E-state index in [4.69, 9.17) is 27.5 Å². The zero-order chi connectivity index (χ0) is 30.3. The Hall–Kier alpha value is -4.58. The highest BCUT2D eigenvalue weighted by Crippen LogP contribution is 2.27. The maximum absolute atomic E-state index is 12.9. The fourth-order valence-electron chi connectivity index (χ4n) is 4.30. The molecule has 0 radical (unpaired) electrons. The number of rotatable bonds is 10. The molecule has 216 valence electrons. The van der Waals surface area contributed by atoms with Gasteiger partial charge in [-0.25, -0.2) is 13.6 Å². The number of carbonyl (C=O) groups is 1. The number of carbonyl (C=O) groups excluding carboxylic acids is 1. The Balaban J connectivity index is 1.40. The Bertz CT molecular complexity index is 1710. The van der Waals surface area contributed by atoms with Gasteiger partial charge in [-0.15, -0.1) is 0 Å². The van der Waals surface area contributed by atoms with Gasteiger partial charge in [0.1, 0.15) is 16.6 Å². The van der Waals surface area contributed by atoms with E-state index in [0.717, 1.165) is 17.0 Å². The number of ether oxygens (including phenoxy) is 1. The Morgan fingerprint density at radius 2 is 1.64 bits per heavy atom. The van der Waals surface area contributed by atoms with Crippen LogP contribution >= 0.6 is 12.2 Å². The number of benzene rings is 4. The lowest BCUT2D eigenvalue weighted by molar-refractivity contribution is -0.115. The first-order valence-corrected chi connectivity index (χ1v) is 15.0. The molecule has 0 atom stereocenters. The fraction of sp³-hybridized carbons (Fsp3) is 0.129. The molecule has 4 aromatic carbocycles. The molecule has 9 nitrogen and oxygen atoms in total. The molecule has 0 heterocycles. The second-order valence-electron chi connectivity index (χ2n) is 9.29. The van der Waals surface area contributed by atoms with Crippen molar-refractivity contribution in [2.75, 3.05) is 30.4 Å². The van der Waals surface area contributed by atoms with Crippen molar-refractivity contribution in [1.82, 2.24) is 5.32 Å². The second kappa shape index (κ2) is 13.4. The van der Waals surface area contributed by atoms with Crippen LogP contribution in [0.3, 0.4) is 0 Å². The number of nitrogens with one attached hydrogen (secondary N) is 3. The average molecular weight is 602 g/mol. The Kier molecular flexibility index (Phi) is 9.68. The smallest absolute Gasteiger partial charge is 0.243 e. The van der Waals surface area contributed by atoms with E-state index in [9.17, 15) is 13.2 Å². The molecule has 4 rings (SSSR count). The number of amides is 1. The largest absolute Gasteiger partial charge is 0.497 e. The van der Waals surface area contributed by atoms with Crippen molar-refractivity contribution in [2.24, 2.45) is 5.14 Å². The molecular formula is C31H31N5O4S2. The number of amidine groups is 1. The van der Waals surface area contributed by atoms with E-state index >= 15 is 0 Å². The van der Waals surface area contributed by atoms with Gasteiger partial charge < -0.3 is 20.3 Å². The molecular weight excluding hydrogens is 571 g/mol. The highest BCUT2D eigenvalue weighted by molar-refractivity contribution is 7.89. The van der Waals surface area contributed by atoms with E-state index in [1.807, 2.05) is 42.2 Å². The van der Waals surface area contributed by atoms with E-state index in [2.05, 4.69) is 10.6 Å². The lowest BCUT2D eigenvalue weighted by Gasteiger charge is -2.23. The summed E-state index contributed by atoms with van der Waals surface area (Å²) < 4.78 is 29.1. The maximum atomic E-state index is 12.9. The fourth-order valence-corrected chi connectivity index (χ4v) is 5.30. The van der Waals surface area contributed by atoms with Crippen LogP contribution in [0.15, 0.2) is 102 Å². The number of hydrogen-bond donors (Lipinski definition) is 4. The third-order valence-corrected chi connectivity index (χ3v) is 7.79. The lowest BCUT2D eigenvalue weighted by Crippen LogP contribution is -2.33. The van der Waals surface area contributed by atoms with E-state index in [1.165, 1.54) is 6.07 Å². The van der Waals surface area contributed by atoms with Crippen LogP contribution in [0.2, 0.25) is 0 Å². The number of hydrogen-bond acceptors (Lipinski definition) is 7. The van der Waals surface area contributed by atoms with Crippen LogP contribution in [0.1, 0.15) is 18.1 Å². The summed E-state index contributed by atoms with van der Waals surface area (Å²) >= 11 is 5.47. The minimum Gasteiger partial charge on any atom is -0.497 e. The topological polar surface area (TPSA) is 138 Å². The number of sulfonamides is 1. The minimum atomic E-state index is -3.89. The number of methoxy groups -OCH3 is 1. The van der Waals surface area contributed by atoms with Crippen molar-refractivity contribution in [3.05, 3.63) is 108 Å². The van der Waals surface area contributed by atoms with Crippen molar-refractivity contribution in [1.29, 1.82) is 5.41 Å². The molecule has 0 saturated heterocycles. The molecule has 42 heavy (non-hydrogen) atoms. The monoisotopic (exact) mass is 601 g/mol. The first-order chi connectivity index (χ1) is 20.1. The van der Waals surface area contributed by atoms with E-state index < -0.39 is 10.0 Å². The predicted octanol–water partition coefficient (Wildman–Crippen LogP) is 4.77. The van der Waals surface area contributed by atoms with Crippen LogP contribution < -0.4 is 25.4 Å². The molecule has 0 aromatic heterocycles. The van der Waals surface area contributed by atoms with Gasteiger partial charge in [0.05, 0.1) is 18.6 Å². The van der Waals surface area contributed by atoms with Gasteiger partial charge in [0.15, 0.2) is 0 Å². The quantitative estimate of drug-likeness (QED) is 0.117. The predicted molar refractivity (Wildman–Crippen MR) is 171 cm³/mol. The molecule has 4 aromatic rings. The van der Waals surface area contributed by atoms with E-state index in [0.29, 0.717) is 33.9 Å². The van der Waals surface area contributed by atoms with Gasteiger partial charge in [0.25, 0.3) is 0 Å². The van der Waals surface area contributed by atoms with Crippen molar-refractivity contribution < 1.29 is 17.9 Å². The van der Waals surface area contributed by atoms with Crippen molar-refractivity contribution >= 4 is 50.3 Å². The number of likely N-dealkylation sites (N-methyl/N-ethyl adjacent to an activating group) is 1. The second-order valence-corrected chi connectivity index (χ2v) is 11.2. The molecule has 0 unspecified atom stereocenters. The first-order valence-electron chi connectivity index (χ1n) is 13.0. The van der Waals surface area contributed by atoms with Gasteiger partial charge in [-0.3, -0.25) is 10.2 Å². The summed E-state index contributed by atoms with van der Waals surface area (Å²) in [6.07, 6.45) is 0. The molecule has 0 saturated carbocycles. The highest BCUT2D eigenvalue weighted by Gasteiger charge is 2.16. The zero-order valence-corrected chi connectivity index (χ0v) is 24.8. The van der Waals surface area contributed by atoms with Gasteiger partial charge in [-0.1, -0.05) is 54.7 Å². The summed E-state index contributed by atoms with van der Waals surface area (Å²) in [6.45, 7) is 2.59. The molecule has 0 aliphatic rings. The van der Waals surface area contributed by atoms with Crippen LogP contribution in [0.4, 0.5) is 11.4 Å². The third kappa shape index (κ3) is 7.58. The average Bonchev–Trinajstić information content (AvgIpc) is 3.00. The minimum absolute atomic E-state index is 0.0356. The molecule has 11 heteroatoms. The third-order valence-electron chi connectivity index (χ3n) is 6.48.